The molecule has 2 bridgehead atoms. The van der Waals surface area contributed by atoms with Gasteiger partial charge in [0.2, 0.25) is 5.91 Å². The summed E-state index contributed by atoms with van der Waals surface area (Å²) < 4.78 is 0. The summed E-state index contributed by atoms with van der Waals surface area (Å²) in [6.45, 7) is 6.77. The second-order valence-corrected chi connectivity index (χ2v) is 7.58. The van der Waals surface area contributed by atoms with Crippen molar-refractivity contribution in [2.45, 2.75) is 72.1 Å². The number of ketones is 1. The van der Waals surface area contributed by atoms with Crippen LogP contribution >= 0.6 is 0 Å². The third-order valence-corrected chi connectivity index (χ3v) is 5.65. The van der Waals surface area contributed by atoms with Gasteiger partial charge in [0.25, 0.3) is 0 Å². The van der Waals surface area contributed by atoms with E-state index in [-0.39, 0.29) is 17.2 Å². The van der Waals surface area contributed by atoms with Crippen molar-refractivity contribution in [3.05, 3.63) is 0 Å². The van der Waals surface area contributed by atoms with Crippen molar-refractivity contribution in [1.82, 2.24) is 5.32 Å². The summed E-state index contributed by atoms with van der Waals surface area (Å²) in [5.41, 5.74) is -0.0777. The van der Waals surface area contributed by atoms with E-state index in [0.717, 1.165) is 37.5 Å². The third-order valence-electron chi connectivity index (χ3n) is 5.65. The van der Waals surface area contributed by atoms with Crippen LogP contribution in [0, 0.1) is 23.2 Å². The zero-order valence-electron chi connectivity index (χ0n) is 13.9. The molecular weight excluding hydrogens is 262 g/mol. The second kappa shape index (κ2) is 6.93. The molecule has 0 radical (unpaired) electrons. The van der Waals surface area contributed by atoms with Gasteiger partial charge in [0.05, 0.1) is 0 Å². The highest BCUT2D eigenvalue weighted by molar-refractivity contribution is 5.83. The van der Waals surface area contributed by atoms with Crippen LogP contribution in [0.4, 0.5) is 0 Å². The summed E-state index contributed by atoms with van der Waals surface area (Å²) >= 11 is 0. The molecule has 0 saturated heterocycles. The van der Waals surface area contributed by atoms with Crippen molar-refractivity contribution in [2.24, 2.45) is 23.2 Å². The van der Waals surface area contributed by atoms with Gasteiger partial charge in [0.15, 0.2) is 0 Å². The van der Waals surface area contributed by atoms with E-state index in [1.54, 1.807) is 0 Å². The molecular formula is C18H31NO2. The Morgan fingerprint density at radius 3 is 2.71 bits per heavy atom. The molecule has 3 heteroatoms. The first-order valence-corrected chi connectivity index (χ1v) is 8.78. The van der Waals surface area contributed by atoms with Crippen molar-refractivity contribution in [3.8, 4) is 0 Å². The lowest BCUT2D eigenvalue weighted by atomic mass is 9.69. The van der Waals surface area contributed by atoms with Crippen molar-refractivity contribution in [1.29, 1.82) is 0 Å². The molecule has 1 N–H and O–H groups in total. The fourth-order valence-corrected chi connectivity index (χ4v) is 4.28. The molecule has 21 heavy (non-hydrogen) atoms. The summed E-state index contributed by atoms with van der Waals surface area (Å²) in [6, 6.07) is 0. The molecule has 2 aliphatic rings. The Balaban J connectivity index is 1.79. The Labute approximate surface area is 129 Å². The lowest BCUT2D eigenvalue weighted by Crippen LogP contribution is -2.42. The van der Waals surface area contributed by atoms with Crippen LogP contribution < -0.4 is 5.32 Å². The smallest absolute Gasteiger partial charge is 0.226 e. The summed E-state index contributed by atoms with van der Waals surface area (Å²) in [7, 11) is 0. The lowest BCUT2D eigenvalue weighted by molar-refractivity contribution is -0.133. The van der Waals surface area contributed by atoms with Gasteiger partial charge in [-0.05, 0) is 50.4 Å². The maximum atomic E-state index is 12.6. The Bertz CT molecular complexity index is 391. The van der Waals surface area contributed by atoms with Crippen LogP contribution in [0.3, 0.4) is 0 Å². The number of Topliss-reactive ketones (excluding diaryl/α,β-unsaturated/α-hetero) is 1. The molecule has 0 aromatic rings. The van der Waals surface area contributed by atoms with Gasteiger partial charge in [-0.3, -0.25) is 9.59 Å². The molecule has 120 valence electrons. The van der Waals surface area contributed by atoms with Crippen LogP contribution in [0.1, 0.15) is 72.1 Å². The predicted molar refractivity (Wildman–Crippen MR) is 84.9 cm³/mol. The Hall–Kier alpha value is -0.860. The molecule has 1 amide bonds. The van der Waals surface area contributed by atoms with E-state index in [2.05, 4.69) is 12.2 Å². The molecule has 0 aromatic carbocycles. The zero-order valence-corrected chi connectivity index (χ0v) is 13.9. The van der Waals surface area contributed by atoms with Crippen molar-refractivity contribution in [2.75, 3.05) is 6.54 Å². The van der Waals surface area contributed by atoms with Crippen LogP contribution in [0.5, 0.6) is 0 Å². The minimum absolute atomic E-state index is 0.0777. The molecule has 3 unspecified atom stereocenters. The monoisotopic (exact) mass is 293 g/mol. The molecule has 2 saturated carbocycles. The van der Waals surface area contributed by atoms with Crippen LogP contribution in [0.15, 0.2) is 0 Å². The van der Waals surface area contributed by atoms with Crippen LogP contribution in [0.25, 0.3) is 0 Å². The number of hydrogen-bond acceptors (Lipinski definition) is 2. The van der Waals surface area contributed by atoms with Crippen LogP contribution in [0.2, 0.25) is 0 Å². The molecule has 0 heterocycles. The standard InChI is InChI=1S/C18H31NO2/c1-4-14-10-15-7-8-18(11-14,12-15)17(21)19-9-5-6-16(20)13(2)3/h13-15H,4-12H2,1-3H3,(H,19,21). The SMILES string of the molecule is CCC1CC2CCC(C(=O)NCCCC(=O)C(C)C)(C1)C2. The van der Waals surface area contributed by atoms with Gasteiger partial charge in [0.1, 0.15) is 5.78 Å². The molecule has 2 aliphatic carbocycles. The first-order chi connectivity index (χ1) is 9.97. The number of rotatable bonds is 7. The van der Waals surface area contributed by atoms with E-state index >= 15 is 0 Å². The van der Waals surface area contributed by atoms with Gasteiger partial charge in [0, 0.05) is 24.3 Å². The highest BCUT2D eigenvalue weighted by Crippen LogP contribution is 2.54. The predicted octanol–water partition coefficient (Wildman–Crippen LogP) is 3.71. The first kappa shape index (κ1) is 16.5. The first-order valence-electron chi connectivity index (χ1n) is 8.78. The molecule has 3 atom stereocenters. The number of carbonyl (C=O) groups is 2. The van der Waals surface area contributed by atoms with E-state index in [9.17, 15) is 9.59 Å². The minimum atomic E-state index is -0.0777. The zero-order chi connectivity index (χ0) is 15.5. The quantitative estimate of drug-likeness (QED) is 0.727. The van der Waals surface area contributed by atoms with Gasteiger partial charge in [-0.1, -0.05) is 27.2 Å². The van der Waals surface area contributed by atoms with E-state index in [1.165, 1.54) is 19.3 Å². The summed E-state index contributed by atoms with van der Waals surface area (Å²) in [4.78, 5) is 24.2. The Kier molecular flexibility index (Phi) is 5.45. The van der Waals surface area contributed by atoms with Gasteiger partial charge in [-0.25, -0.2) is 0 Å². The maximum absolute atomic E-state index is 12.6. The van der Waals surface area contributed by atoms with E-state index in [0.29, 0.717) is 18.7 Å². The summed E-state index contributed by atoms with van der Waals surface area (Å²) in [5, 5.41) is 3.12. The third kappa shape index (κ3) is 3.87. The highest BCUT2D eigenvalue weighted by Gasteiger charge is 2.49. The highest BCUT2D eigenvalue weighted by atomic mass is 16.2. The average molecular weight is 293 g/mol. The van der Waals surface area contributed by atoms with Gasteiger partial charge < -0.3 is 5.32 Å². The fraction of sp³-hybridized carbons (Fsp3) is 0.889. The minimum Gasteiger partial charge on any atom is -0.356 e. The second-order valence-electron chi connectivity index (χ2n) is 7.58. The Morgan fingerprint density at radius 2 is 2.05 bits per heavy atom. The molecule has 2 rings (SSSR count). The van der Waals surface area contributed by atoms with E-state index < -0.39 is 0 Å². The van der Waals surface area contributed by atoms with Crippen LogP contribution in [-0.4, -0.2) is 18.2 Å². The number of fused-ring (bicyclic) bond motifs is 2. The summed E-state index contributed by atoms with van der Waals surface area (Å²) in [5.74, 6) is 2.18. The maximum Gasteiger partial charge on any atom is 0.226 e. The molecule has 0 aliphatic heterocycles. The number of hydrogen-bond donors (Lipinski definition) is 1. The van der Waals surface area contributed by atoms with Gasteiger partial charge >= 0.3 is 0 Å². The summed E-state index contributed by atoms with van der Waals surface area (Å²) in [6.07, 6.45) is 8.38. The van der Waals surface area contributed by atoms with E-state index in [1.807, 2.05) is 13.8 Å². The van der Waals surface area contributed by atoms with Crippen molar-refractivity contribution < 1.29 is 9.59 Å². The van der Waals surface area contributed by atoms with Gasteiger partial charge in [-0.15, -0.1) is 0 Å². The van der Waals surface area contributed by atoms with E-state index in [4.69, 9.17) is 0 Å². The molecule has 3 nitrogen and oxygen atoms in total. The Morgan fingerprint density at radius 1 is 1.29 bits per heavy atom. The largest absolute Gasteiger partial charge is 0.356 e. The molecule has 2 fully saturated rings. The van der Waals surface area contributed by atoms with Crippen molar-refractivity contribution in [3.63, 3.8) is 0 Å². The fourth-order valence-electron chi connectivity index (χ4n) is 4.28. The topological polar surface area (TPSA) is 46.2 Å². The molecule has 0 spiro atoms. The number of amides is 1. The molecule has 0 aromatic heterocycles. The van der Waals surface area contributed by atoms with Crippen LogP contribution in [-0.2, 0) is 9.59 Å². The van der Waals surface area contributed by atoms with Crippen molar-refractivity contribution >= 4 is 11.7 Å². The average Bonchev–Trinajstić information content (AvgIpc) is 2.78. The number of nitrogens with one attached hydrogen (secondary N) is 1. The normalized spacial score (nSPS) is 31.4. The number of carbonyl (C=O) groups excluding carboxylic acids is 2. The van der Waals surface area contributed by atoms with Gasteiger partial charge in [-0.2, -0.15) is 0 Å². The lowest BCUT2D eigenvalue weighted by Gasteiger charge is -2.36.